The van der Waals surface area contributed by atoms with Crippen LogP contribution in [-0.4, -0.2) is 24.9 Å². The lowest BCUT2D eigenvalue weighted by atomic mass is 10.2. The Morgan fingerprint density at radius 2 is 2.27 bits per heavy atom. The summed E-state index contributed by atoms with van der Waals surface area (Å²) in [6.07, 6.45) is 0.456. The summed E-state index contributed by atoms with van der Waals surface area (Å²) in [4.78, 5) is 13.1. The lowest BCUT2D eigenvalue weighted by Crippen LogP contribution is -2.32. The molecule has 1 atom stereocenters. The average molecular weight is 341 g/mol. The normalized spacial score (nSPS) is 11.8. The number of rotatable bonds is 6. The fraction of sp³-hybridized carbons (Fsp3) is 0.267. The molecule has 0 radical (unpaired) electrons. The third-order valence-electron chi connectivity index (χ3n) is 3.02. The van der Waals surface area contributed by atoms with Crippen molar-refractivity contribution in [3.05, 3.63) is 45.6 Å². The van der Waals surface area contributed by atoms with Gasteiger partial charge in [0, 0.05) is 17.2 Å². The van der Waals surface area contributed by atoms with Crippen LogP contribution in [0.1, 0.15) is 17.3 Å². The van der Waals surface area contributed by atoms with Crippen molar-refractivity contribution in [2.45, 2.75) is 12.5 Å². The zero-order valence-corrected chi connectivity index (χ0v) is 13.6. The van der Waals surface area contributed by atoms with E-state index in [0.29, 0.717) is 22.9 Å². The molecule has 22 heavy (non-hydrogen) atoms. The average Bonchev–Trinajstić information content (AvgIpc) is 3.01. The van der Waals surface area contributed by atoms with Crippen LogP contribution in [0.15, 0.2) is 35.7 Å². The summed E-state index contributed by atoms with van der Waals surface area (Å²) < 4.78 is 5.06. The topological polar surface area (TPSA) is 70.6 Å². The molecule has 2 aromatic rings. The summed E-state index contributed by atoms with van der Waals surface area (Å²) in [6, 6.07) is 8.26. The molecule has 0 unspecified atom stereocenters. The van der Waals surface area contributed by atoms with E-state index in [4.69, 9.17) is 21.4 Å². The maximum atomic E-state index is 12.1. The summed E-state index contributed by atoms with van der Waals surface area (Å²) in [5.74, 6) is 0.546. The van der Waals surface area contributed by atoms with Crippen molar-refractivity contribution in [2.75, 3.05) is 19.0 Å². The molecule has 0 fully saturated rings. The number of aliphatic hydroxyl groups excluding tert-OH is 1. The van der Waals surface area contributed by atoms with Crippen LogP contribution in [0.5, 0.6) is 5.75 Å². The second-order valence-corrected chi connectivity index (χ2v) is 5.91. The van der Waals surface area contributed by atoms with Crippen LogP contribution < -0.4 is 15.4 Å². The molecule has 0 saturated heterocycles. The number of halogens is 1. The molecule has 2 amide bonds. The number of benzene rings is 1. The van der Waals surface area contributed by atoms with Crippen LogP contribution >= 0.6 is 22.9 Å². The molecule has 1 aromatic carbocycles. The highest BCUT2D eigenvalue weighted by Crippen LogP contribution is 2.27. The first-order valence-electron chi connectivity index (χ1n) is 6.69. The Morgan fingerprint density at radius 3 is 2.86 bits per heavy atom. The number of hydrogen-bond acceptors (Lipinski definition) is 4. The largest absolute Gasteiger partial charge is 0.495 e. The monoisotopic (exact) mass is 340 g/mol. The number of ether oxygens (including phenoxy) is 1. The van der Waals surface area contributed by atoms with E-state index < -0.39 is 0 Å². The Hall–Kier alpha value is -1.76. The Bertz CT molecular complexity index is 619. The van der Waals surface area contributed by atoms with Crippen molar-refractivity contribution < 1.29 is 14.6 Å². The Labute approximate surface area is 137 Å². The molecule has 0 spiro atoms. The van der Waals surface area contributed by atoms with Crippen molar-refractivity contribution >= 4 is 34.7 Å². The molecular weight excluding hydrogens is 324 g/mol. The third-order valence-corrected chi connectivity index (χ3v) is 4.30. The Morgan fingerprint density at radius 1 is 1.45 bits per heavy atom. The van der Waals surface area contributed by atoms with Gasteiger partial charge in [-0.1, -0.05) is 17.7 Å². The van der Waals surface area contributed by atoms with E-state index >= 15 is 0 Å². The number of carbonyl (C=O) groups is 1. The quantitative estimate of drug-likeness (QED) is 0.751. The van der Waals surface area contributed by atoms with Gasteiger partial charge in [0.2, 0.25) is 0 Å². The van der Waals surface area contributed by atoms with Crippen LogP contribution in [0.3, 0.4) is 0 Å². The number of amides is 2. The van der Waals surface area contributed by atoms with Gasteiger partial charge in [0.05, 0.1) is 18.2 Å². The van der Waals surface area contributed by atoms with E-state index in [-0.39, 0.29) is 18.7 Å². The molecule has 3 N–H and O–H groups in total. The smallest absolute Gasteiger partial charge is 0.319 e. The van der Waals surface area contributed by atoms with Gasteiger partial charge >= 0.3 is 6.03 Å². The Balaban J connectivity index is 2.00. The molecule has 0 aliphatic heterocycles. The number of urea groups is 1. The molecule has 0 aliphatic rings. The molecule has 1 aromatic heterocycles. The van der Waals surface area contributed by atoms with E-state index in [1.54, 1.807) is 18.2 Å². The van der Waals surface area contributed by atoms with Crippen LogP contribution in [0.25, 0.3) is 0 Å². The summed E-state index contributed by atoms with van der Waals surface area (Å²) >= 11 is 7.56. The van der Waals surface area contributed by atoms with Gasteiger partial charge in [0.15, 0.2) is 0 Å². The van der Waals surface area contributed by atoms with Crippen molar-refractivity contribution in [1.29, 1.82) is 0 Å². The summed E-state index contributed by atoms with van der Waals surface area (Å²) in [5, 5.41) is 17.0. The fourth-order valence-electron chi connectivity index (χ4n) is 1.97. The molecule has 7 heteroatoms. The molecule has 1 heterocycles. The maximum absolute atomic E-state index is 12.1. The highest BCUT2D eigenvalue weighted by molar-refractivity contribution is 7.10. The molecular formula is C15H17ClN2O3S. The van der Waals surface area contributed by atoms with E-state index in [2.05, 4.69) is 10.6 Å². The predicted molar refractivity (Wildman–Crippen MR) is 88.9 cm³/mol. The van der Waals surface area contributed by atoms with Gasteiger partial charge in [-0.2, -0.15) is 0 Å². The molecule has 0 aliphatic carbocycles. The number of anilines is 1. The van der Waals surface area contributed by atoms with Gasteiger partial charge in [0.1, 0.15) is 5.75 Å². The van der Waals surface area contributed by atoms with Crippen molar-refractivity contribution in [2.24, 2.45) is 0 Å². The van der Waals surface area contributed by atoms with Crippen LogP contribution in [0, 0.1) is 0 Å². The van der Waals surface area contributed by atoms with E-state index in [0.717, 1.165) is 4.88 Å². The number of carbonyl (C=O) groups excluding carboxylic acids is 1. The fourth-order valence-corrected chi connectivity index (χ4v) is 3.04. The minimum Gasteiger partial charge on any atom is -0.495 e. The number of thiophene rings is 1. The lowest BCUT2D eigenvalue weighted by molar-refractivity contribution is 0.239. The second kappa shape index (κ2) is 8.03. The summed E-state index contributed by atoms with van der Waals surface area (Å²) in [7, 11) is 1.53. The van der Waals surface area contributed by atoms with Crippen molar-refractivity contribution in [3.8, 4) is 5.75 Å². The van der Waals surface area contributed by atoms with Gasteiger partial charge in [-0.3, -0.25) is 0 Å². The van der Waals surface area contributed by atoms with Crippen LogP contribution in [0.4, 0.5) is 10.5 Å². The molecule has 0 bridgehead atoms. The number of aliphatic hydroxyl groups is 1. The molecule has 5 nitrogen and oxygen atoms in total. The van der Waals surface area contributed by atoms with Crippen LogP contribution in [-0.2, 0) is 0 Å². The van der Waals surface area contributed by atoms with Crippen molar-refractivity contribution in [3.63, 3.8) is 0 Å². The summed E-state index contributed by atoms with van der Waals surface area (Å²) in [5.41, 5.74) is 0.567. The van der Waals surface area contributed by atoms with E-state index in [1.165, 1.54) is 18.4 Å². The third kappa shape index (κ3) is 4.37. The minimum atomic E-state index is -0.354. The Kier molecular flexibility index (Phi) is 6.06. The first kappa shape index (κ1) is 16.6. The molecule has 118 valence electrons. The number of nitrogens with one attached hydrogen (secondary N) is 2. The van der Waals surface area contributed by atoms with Crippen molar-refractivity contribution in [1.82, 2.24) is 5.32 Å². The van der Waals surface area contributed by atoms with Crippen LogP contribution in [0.2, 0.25) is 5.02 Å². The number of methoxy groups -OCH3 is 1. The lowest BCUT2D eigenvalue weighted by Gasteiger charge is -2.17. The second-order valence-electron chi connectivity index (χ2n) is 4.53. The molecule has 2 rings (SSSR count). The van der Waals surface area contributed by atoms with Gasteiger partial charge in [-0.15, -0.1) is 11.3 Å². The maximum Gasteiger partial charge on any atom is 0.319 e. The number of hydrogen-bond donors (Lipinski definition) is 3. The van der Waals surface area contributed by atoms with Gasteiger partial charge in [-0.05, 0) is 36.1 Å². The highest BCUT2D eigenvalue weighted by atomic mass is 35.5. The van der Waals surface area contributed by atoms with E-state index in [1.807, 2.05) is 17.5 Å². The first-order valence-corrected chi connectivity index (χ1v) is 7.95. The highest BCUT2D eigenvalue weighted by Gasteiger charge is 2.15. The summed E-state index contributed by atoms with van der Waals surface area (Å²) in [6.45, 7) is -0.00277. The standard InChI is InChI=1S/C15H17ClN2O3S/c1-21-13-5-4-10(9-11(13)16)17-15(20)18-12(6-7-19)14-3-2-8-22-14/h2-5,8-9,12,19H,6-7H2,1H3,(H2,17,18,20)/t12-/m1/s1. The SMILES string of the molecule is COc1ccc(NC(=O)N[C@H](CCO)c2cccs2)cc1Cl. The van der Waals surface area contributed by atoms with Gasteiger partial charge in [-0.25, -0.2) is 4.79 Å². The zero-order chi connectivity index (χ0) is 15.9. The predicted octanol–water partition coefficient (Wildman–Crippen LogP) is 3.66. The first-order chi connectivity index (χ1) is 10.6. The zero-order valence-electron chi connectivity index (χ0n) is 12.0. The van der Waals surface area contributed by atoms with Gasteiger partial charge < -0.3 is 20.5 Å². The molecule has 0 saturated carbocycles. The minimum absolute atomic E-state index is 0.00277. The van der Waals surface area contributed by atoms with Gasteiger partial charge in [0.25, 0.3) is 0 Å². The van der Waals surface area contributed by atoms with E-state index in [9.17, 15) is 4.79 Å².